The summed E-state index contributed by atoms with van der Waals surface area (Å²) < 4.78 is 12.8. The maximum atomic E-state index is 13.9. The van der Waals surface area contributed by atoms with Gasteiger partial charge in [0.1, 0.15) is 17.6 Å². The van der Waals surface area contributed by atoms with E-state index in [9.17, 15) is 9.59 Å². The van der Waals surface area contributed by atoms with Crippen LogP contribution in [0.15, 0.2) is 48.5 Å². The molecule has 0 radical (unpaired) electrons. The zero-order valence-corrected chi connectivity index (χ0v) is 24.6. The van der Waals surface area contributed by atoms with E-state index >= 15 is 0 Å². The minimum absolute atomic E-state index is 0.00673. The maximum absolute atomic E-state index is 13.9. The number of nitrogens with zero attached hydrogens (tertiary/aromatic N) is 2. The Hall–Kier alpha value is -3.12. The quantitative estimate of drug-likeness (QED) is 0.241. The van der Waals surface area contributed by atoms with E-state index in [2.05, 4.69) is 23.6 Å². The first-order valence-electron chi connectivity index (χ1n) is 15.6. The van der Waals surface area contributed by atoms with Crippen molar-refractivity contribution in [2.75, 3.05) is 19.6 Å². The number of hydrogen-bond donors (Lipinski definition) is 0. The molecule has 0 aromatic heterocycles. The van der Waals surface area contributed by atoms with Crippen molar-refractivity contribution in [2.24, 2.45) is 17.8 Å². The number of amides is 1. The standard InChI is InChI=1S/C35H42N2O4/c1-22(2)20-37(32(39)16-11-24-7-5-4-6-8-24)28-13-12-27-29-19-26-30(40-23(3)38)14-15-31-33(26)35(27,34(28)41-31)17-18-36(29)21-25-9-10-25/h4-8,11,14-16,22,25,27-29,34H,9-10,12-13,17-21H2,1-3H3/t27-,28-,29+,34-,35-/m0/s1. The van der Waals surface area contributed by atoms with Gasteiger partial charge in [-0.25, -0.2) is 0 Å². The van der Waals surface area contributed by atoms with Gasteiger partial charge in [0.15, 0.2) is 0 Å². The lowest BCUT2D eigenvalue weighted by atomic mass is 9.50. The van der Waals surface area contributed by atoms with Crippen LogP contribution in [-0.4, -0.2) is 59.5 Å². The van der Waals surface area contributed by atoms with Crippen molar-refractivity contribution in [3.63, 3.8) is 0 Å². The van der Waals surface area contributed by atoms with Crippen molar-refractivity contribution in [1.82, 2.24) is 9.80 Å². The Balaban J connectivity index is 1.28. The number of esters is 1. The van der Waals surface area contributed by atoms with Crippen LogP contribution in [0, 0.1) is 17.8 Å². The van der Waals surface area contributed by atoms with Crippen molar-refractivity contribution in [1.29, 1.82) is 0 Å². The average Bonchev–Trinajstić information content (AvgIpc) is 3.71. The lowest BCUT2D eigenvalue weighted by Gasteiger charge is -2.60. The minimum atomic E-state index is -0.281. The van der Waals surface area contributed by atoms with E-state index in [1.807, 2.05) is 48.5 Å². The number of rotatable bonds is 8. The van der Waals surface area contributed by atoms with Crippen molar-refractivity contribution >= 4 is 18.0 Å². The fourth-order valence-corrected chi connectivity index (χ4v) is 8.64. The molecule has 2 heterocycles. The molecule has 0 N–H and O–H groups in total. The number of benzene rings is 2. The Kier molecular flexibility index (Phi) is 6.72. The summed E-state index contributed by atoms with van der Waals surface area (Å²) in [6, 6.07) is 14.4. The van der Waals surface area contributed by atoms with Crippen LogP contribution in [0.1, 0.15) is 69.6 Å². The fraction of sp³-hybridized carbons (Fsp3) is 0.543. The summed E-state index contributed by atoms with van der Waals surface area (Å²) in [5.41, 5.74) is 3.30. The molecule has 3 fully saturated rings. The zero-order chi connectivity index (χ0) is 28.3. The van der Waals surface area contributed by atoms with Crippen molar-refractivity contribution < 1.29 is 19.1 Å². The van der Waals surface area contributed by atoms with Crippen LogP contribution >= 0.6 is 0 Å². The van der Waals surface area contributed by atoms with Crippen LogP contribution < -0.4 is 9.47 Å². The number of hydrogen-bond acceptors (Lipinski definition) is 5. The lowest BCUT2D eigenvalue weighted by molar-refractivity contribution is -0.139. The van der Waals surface area contributed by atoms with E-state index < -0.39 is 0 Å². The molecular weight excluding hydrogens is 512 g/mol. The smallest absolute Gasteiger partial charge is 0.308 e. The molecular formula is C35H42N2O4. The van der Waals surface area contributed by atoms with E-state index in [0.717, 1.165) is 55.0 Å². The first-order valence-corrected chi connectivity index (χ1v) is 15.6. The predicted molar refractivity (Wildman–Crippen MR) is 159 cm³/mol. The molecule has 41 heavy (non-hydrogen) atoms. The molecule has 3 aliphatic carbocycles. The number of piperidine rings is 1. The third kappa shape index (κ3) is 4.59. The third-order valence-electron chi connectivity index (χ3n) is 10.3. The van der Waals surface area contributed by atoms with E-state index in [0.29, 0.717) is 30.2 Å². The molecule has 1 saturated heterocycles. The van der Waals surface area contributed by atoms with Gasteiger partial charge in [0.2, 0.25) is 5.91 Å². The van der Waals surface area contributed by atoms with Crippen LogP contribution in [0.2, 0.25) is 0 Å². The van der Waals surface area contributed by atoms with Gasteiger partial charge in [0.25, 0.3) is 0 Å². The van der Waals surface area contributed by atoms with Gasteiger partial charge in [-0.1, -0.05) is 44.2 Å². The Bertz CT molecular complexity index is 1370. The van der Waals surface area contributed by atoms with Gasteiger partial charge in [0, 0.05) is 48.7 Å². The summed E-state index contributed by atoms with van der Waals surface area (Å²) in [6.45, 7) is 8.79. The topological polar surface area (TPSA) is 59.1 Å². The van der Waals surface area contributed by atoms with Crippen LogP contribution in [0.3, 0.4) is 0 Å². The molecule has 0 unspecified atom stereocenters. The molecule has 6 nitrogen and oxygen atoms in total. The number of ether oxygens (including phenoxy) is 2. The Morgan fingerprint density at radius 1 is 1.12 bits per heavy atom. The molecule has 5 aliphatic rings. The highest BCUT2D eigenvalue weighted by molar-refractivity contribution is 5.92. The van der Waals surface area contributed by atoms with Crippen molar-refractivity contribution in [3.05, 3.63) is 65.2 Å². The SMILES string of the molecule is CC(=O)Oc1ccc2c3c1C[C@@H]1[C@@H]4CC[C@H](N(CC(C)C)C(=O)C=Cc5ccccc5)[C@H](O2)[C@]34CCN1CC1CC1. The third-order valence-corrected chi connectivity index (χ3v) is 10.3. The molecule has 216 valence electrons. The first kappa shape index (κ1) is 26.8. The van der Waals surface area contributed by atoms with Gasteiger partial charge < -0.3 is 14.4 Å². The van der Waals surface area contributed by atoms with Crippen LogP contribution in [0.25, 0.3) is 6.08 Å². The van der Waals surface area contributed by atoms with Crippen molar-refractivity contribution in [2.45, 2.75) is 82.9 Å². The molecule has 5 atom stereocenters. The lowest BCUT2D eigenvalue weighted by Crippen LogP contribution is -2.69. The average molecular weight is 555 g/mol. The minimum Gasteiger partial charge on any atom is -0.487 e. The molecule has 2 aromatic carbocycles. The maximum Gasteiger partial charge on any atom is 0.308 e. The highest BCUT2D eigenvalue weighted by atomic mass is 16.5. The molecule has 2 aliphatic heterocycles. The Morgan fingerprint density at radius 3 is 2.66 bits per heavy atom. The summed E-state index contributed by atoms with van der Waals surface area (Å²) >= 11 is 0. The van der Waals surface area contributed by atoms with Gasteiger partial charge >= 0.3 is 5.97 Å². The summed E-state index contributed by atoms with van der Waals surface area (Å²) in [5.74, 6) is 3.05. The Labute approximate surface area is 243 Å². The van der Waals surface area contributed by atoms with Gasteiger partial charge in [0.05, 0.1) is 6.04 Å². The molecule has 7 rings (SSSR count). The summed E-state index contributed by atoms with van der Waals surface area (Å²) in [4.78, 5) is 30.9. The van der Waals surface area contributed by atoms with Crippen LogP contribution in [0.4, 0.5) is 0 Å². The first-order chi connectivity index (χ1) is 19.8. The monoisotopic (exact) mass is 554 g/mol. The molecule has 1 amide bonds. The van der Waals surface area contributed by atoms with Crippen molar-refractivity contribution in [3.8, 4) is 11.5 Å². The second-order valence-corrected chi connectivity index (χ2v) is 13.4. The van der Waals surface area contributed by atoms with Crippen LogP contribution in [0.5, 0.6) is 11.5 Å². The molecule has 6 heteroatoms. The number of likely N-dealkylation sites (tertiary alicyclic amines) is 1. The Morgan fingerprint density at radius 2 is 1.93 bits per heavy atom. The van der Waals surface area contributed by atoms with Gasteiger partial charge in [-0.2, -0.15) is 0 Å². The normalized spacial score (nSPS) is 29.8. The van der Waals surface area contributed by atoms with Crippen LogP contribution in [-0.2, 0) is 21.4 Å². The highest BCUT2D eigenvalue weighted by Crippen LogP contribution is 2.64. The fourth-order valence-electron chi connectivity index (χ4n) is 8.64. The summed E-state index contributed by atoms with van der Waals surface area (Å²) in [6.07, 6.45) is 10.2. The second-order valence-electron chi connectivity index (χ2n) is 13.4. The highest BCUT2D eigenvalue weighted by Gasteiger charge is 2.66. The van der Waals surface area contributed by atoms with Gasteiger partial charge in [-0.15, -0.1) is 0 Å². The predicted octanol–water partition coefficient (Wildman–Crippen LogP) is 5.63. The summed E-state index contributed by atoms with van der Waals surface area (Å²) in [7, 11) is 0. The van der Waals surface area contributed by atoms with E-state index in [4.69, 9.17) is 9.47 Å². The number of carbonyl (C=O) groups excluding carboxylic acids is 2. The van der Waals surface area contributed by atoms with Gasteiger partial charge in [-0.3, -0.25) is 14.5 Å². The van der Waals surface area contributed by atoms with E-state index in [1.54, 1.807) is 6.08 Å². The summed E-state index contributed by atoms with van der Waals surface area (Å²) in [5, 5.41) is 0. The second kappa shape index (κ2) is 10.3. The largest absolute Gasteiger partial charge is 0.487 e. The van der Waals surface area contributed by atoms with E-state index in [1.165, 1.54) is 31.9 Å². The zero-order valence-electron chi connectivity index (χ0n) is 24.6. The molecule has 2 aromatic rings. The number of carbonyl (C=O) groups is 2. The molecule has 2 bridgehead atoms. The molecule has 2 saturated carbocycles. The van der Waals surface area contributed by atoms with E-state index in [-0.39, 0.29) is 29.4 Å². The van der Waals surface area contributed by atoms with Gasteiger partial charge in [-0.05, 0) is 86.6 Å². The molecule has 1 spiro atoms.